The number of carboxylic acid groups (broad SMARTS) is 1. The van der Waals surface area contributed by atoms with Crippen LogP contribution in [-0.2, 0) is 20.4 Å². The Bertz CT molecular complexity index is 537. The molecule has 21 heavy (non-hydrogen) atoms. The minimum Gasteiger partial charge on any atom is -0.481 e. The van der Waals surface area contributed by atoms with E-state index in [4.69, 9.17) is 16.7 Å². The lowest BCUT2D eigenvalue weighted by molar-refractivity contribution is -0.137. The van der Waals surface area contributed by atoms with E-state index in [0.717, 1.165) is 24.8 Å². The summed E-state index contributed by atoms with van der Waals surface area (Å²) in [6.45, 7) is 0. The molecule has 0 bridgehead atoms. The van der Waals surface area contributed by atoms with E-state index in [1.54, 1.807) is 24.3 Å². The minimum atomic E-state index is -3.09. The predicted molar refractivity (Wildman–Crippen MR) is 84.3 cm³/mol. The molecule has 0 saturated heterocycles. The summed E-state index contributed by atoms with van der Waals surface area (Å²) in [5, 5.41) is 9.09. The maximum Gasteiger partial charge on any atom is 0.303 e. The monoisotopic (exact) mass is 332 g/mol. The molecule has 1 rings (SSSR count). The summed E-state index contributed by atoms with van der Waals surface area (Å²) in [5.41, 5.74) is 0.751. The summed E-state index contributed by atoms with van der Waals surface area (Å²) in [5.74, 6) is -0.557. The Labute approximate surface area is 131 Å². The third kappa shape index (κ3) is 8.73. The molecule has 6 heteroatoms. The van der Waals surface area contributed by atoms with Gasteiger partial charge in [0.25, 0.3) is 0 Å². The van der Waals surface area contributed by atoms with Gasteiger partial charge in [0.1, 0.15) is 0 Å². The van der Waals surface area contributed by atoms with Crippen LogP contribution < -0.4 is 0 Å². The Balaban J connectivity index is 2.21. The molecule has 0 aromatic heterocycles. The van der Waals surface area contributed by atoms with Crippen molar-refractivity contribution in [2.45, 2.75) is 44.3 Å². The van der Waals surface area contributed by atoms with E-state index < -0.39 is 15.8 Å². The average Bonchev–Trinajstić information content (AvgIpc) is 2.39. The van der Waals surface area contributed by atoms with Gasteiger partial charge in [0, 0.05) is 11.4 Å². The first-order valence-electron chi connectivity index (χ1n) is 7.06. The van der Waals surface area contributed by atoms with Gasteiger partial charge in [-0.05, 0) is 30.5 Å². The lowest BCUT2D eigenvalue weighted by Gasteiger charge is -2.05. The van der Waals surface area contributed by atoms with Gasteiger partial charge in [-0.2, -0.15) is 0 Å². The molecular weight excluding hydrogens is 312 g/mol. The zero-order chi connectivity index (χ0) is 15.7. The lowest BCUT2D eigenvalue weighted by atomic mass is 10.1. The molecule has 0 aliphatic rings. The summed E-state index contributed by atoms with van der Waals surface area (Å²) < 4.78 is 23.9. The number of aliphatic carboxylic acids is 1. The van der Waals surface area contributed by atoms with Crippen LogP contribution in [0.5, 0.6) is 0 Å². The molecule has 1 aromatic rings. The van der Waals surface area contributed by atoms with Gasteiger partial charge in [0.05, 0.1) is 11.5 Å². The van der Waals surface area contributed by atoms with E-state index in [1.165, 1.54) is 0 Å². The highest BCUT2D eigenvalue weighted by Crippen LogP contribution is 2.14. The molecular formula is C15H21ClO4S. The molecule has 0 heterocycles. The fraction of sp³-hybridized carbons (Fsp3) is 0.533. The zero-order valence-electron chi connectivity index (χ0n) is 11.9. The van der Waals surface area contributed by atoms with Crippen LogP contribution in [0.2, 0.25) is 5.02 Å². The average molecular weight is 333 g/mol. The number of hydrogen-bond acceptors (Lipinski definition) is 3. The Morgan fingerprint density at radius 3 is 2.19 bits per heavy atom. The summed E-state index contributed by atoms with van der Waals surface area (Å²) in [7, 11) is -3.09. The number of hydrogen-bond donors (Lipinski definition) is 1. The van der Waals surface area contributed by atoms with Crippen molar-refractivity contribution in [2.75, 3.05) is 5.75 Å². The summed E-state index contributed by atoms with van der Waals surface area (Å²) in [6.07, 6.45) is 4.01. The van der Waals surface area contributed by atoms with Crippen LogP contribution in [0.15, 0.2) is 24.3 Å². The molecule has 1 aromatic carbocycles. The molecule has 1 N–H and O–H groups in total. The highest BCUT2D eigenvalue weighted by molar-refractivity contribution is 7.90. The molecule has 0 amide bonds. The summed E-state index contributed by atoms with van der Waals surface area (Å²) >= 11 is 5.76. The van der Waals surface area contributed by atoms with E-state index >= 15 is 0 Å². The standard InChI is InChI=1S/C15H21ClO4S/c16-14-9-7-13(8-10-14)12-21(19,20)11-5-3-1-2-4-6-15(17)18/h7-10H,1-6,11-12H2,(H,17,18). The van der Waals surface area contributed by atoms with E-state index in [9.17, 15) is 13.2 Å². The van der Waals surface area contributed by atoms with Crippen molar-refractivity contribution in [3.8, 4) is 0 Å². The van der Waals surface area contributed by atoms with Crippen molar-refractivity contribution in [2.24, 2.45) is 0 Å². The largest absolute Gasteiger partial charge is 0.481 e. The molecule has 0 aliphatic heterocycles. The number of benzene rings is 1. The molecule has 0 atom stereocenters. The number of rotatable bonds is 10. The Morgan fingerprint density at radius 2 is 1.57 bits per heavy atom. The first-order valence-corrected chi connectivity index (χ1v) is 9.26. The van der Waals surface area contributed by atoms with Crippen LogP contribution in [0, 0.1) is 0 Å². The van der Waals surface area contributed by atoms with Crippen LogP contribution >= 0.6 is 11.6 Å². The Hall–Kier alpha value is -1.07. The second-order valence-electron chi connectivity index (χ2n) is 5.13. The SMILES string of the molecule is O=C(O)CCCCCCCS(=O)(=O)Cc1ccc(Cl)cc1. The number of sulfone groups is 1. The fourth-order valence-electron chi connectivity index (χ4n) is 2.04. The second kappa shape index (κ2) is 9.05. The Kier molecular flexibility index (Phi) is 7.75. The van der Waals surface area contributed by atoms with E-state index in [1.807, 2.05) is 0 Å². The predicted octanol–water partition coefficient (Wildman–Crippen LogP) is 3.68. The van der Waals surface area contributed by atoms with Gasteiger partial charge >= 0.3 is 5.97 Å². The van der Waals surface area contributed by atoms with Gasteiger partial charge in [-0.1, -0.05) is 43.0 Å². The maximum atomic E-state index is 12.0. The van der Waals surface area contributed by atoms with Gasteiger partial charge in [-0.25, -0.2) is 8.42 Å². The van der Waals surface area contributed by atoms with Gasteiger partial charge in [-0.15, -0.1) is 0 Å². The number of unbranched alkanes of at least 4 members (excludes halogenated alkanes) is 4. The fourth-order valence-corrected chi connectivity index (χ4v) is 3.65. The molecule has 0 fully saturated rings. The Morgan fingerprint density at radius 1 is 1.00 bits per heavy atom. The molecule has 0 spiro atoms. The van der Waals surface area contributed by atoms with E-state index in [2.05, 4.69) is 0 Å². The normalized spacial score (nSPS) is 11.5. The minimum absolute atomic E-state index is 0.0448. The third-order valence-corrected chi connectivity index (χ3v) is 5.08. The third-order valence-electron chi connectivity index (χ3n) is 3.15. The first-order chi connectivity index (χ1) is 9.89. The summed E-state index contributed by atoms with van der Waals surface area (Å²) in [4.78, 5) is 10.3. The quantitative estimate of drug-likeness (QED) is 0.663. The lowest BCUT2D eigenvalue weighted by Crippen LogP contribution is -2.09. The number of carboxylic acids is 1. The van der Waals surface area contributed by atoms with Crippen LogP contribution in [0.3, 0.4) is 0 Å². The van der Waals surface area contributed by atoms with Crippen molar-refractivity contribution in [1.82, 2.24) is 0 Å². The highest BCUT2D eigenvalue weighted by Gasteiger charge is 2.11. The second-order valence-corrected chi connectivity index (χ2v) is 7.75. The first kappa shape index (κ1) is 18.0. The van der Waals surface area contributed by atoms with Gasteiger partial charge in [0.15, 0.2) is 9.84 Å². The van der Waals surface area contributed by atoms with Crippen LogP contribution in [0.1, 0.15) is 44.1 Å². The van der Waals surface area contributed by atoms with Crippen LogP contribution in [0.25, 0.3) is 0 Å². The number of halogens is 1. The van der Waals surface area contributed by atoms with E-state index in [-0.39, 0.29) is 17.9 Å². The van der Waals surface area contributed by atoms with Crippen molar-refractivity contribution in [3.63, 3.8) is 0 Å². The molecule has 4 nitrogen and oxygen atoms in total. The molecule has 118 valence electrons. The highest BCUT2D eigenvalue weighted by atomic mass is 35.5. The van der Waals surface area contributed by atoms with Crippen molar-refractivity contribution >= 4 is 27.4 Å². The van der Waals surface area contributed by atoms with Crippen molar-refractivity contribution < 1.29 is 18.3 Å². The maximum absolute atomic E-state index is 12.0. The molecule has 0 saturated carbocycles. The topological polar surface area (TPSA) is 71.4 Å². The van der Waals surface area contributed by atoms with Gasteiger partial charge in [-0.3, -0.25) is 4.79 Å². The van der Waals surface area contributed by atoms with Crippen LogP contribution in [-0.4, -0.2) is 25.2 Å². The van der Waals surface area contributed by atoms with E-state index in [0.29, 0.717) is 17.9 Å². The summed E-state index contributed by atoms with van der Waals surface area (Å²) in [6, 6.07) is 6.83. The van der Waals surface area contributed by atoms with Gasteiger partial charge in [0.2, 0.25) is 0 Å². The van der Waals surface area contributed by atoms with Crippen LogP contribution in [0.4, 0.5) is 0 Å². The van der Waals surface area contributed by atoms with Crippen molar-refractivity contribution in [3.05, 3.63) is 34.9 Å². The van der Waals surface area contributed by atoms with Crippen molar-refractivity contribution in [1.29, 1.82) is 0 Å². The van der Waals surface area contributed by atoms with Gasteiger partial charge < -0.3 is 5.11 Å². The molecule has 0 aliphatic carbocycles. The number of carbonyl (C=O) groups is 1. The molecule has 0 radical (unpaired) electrons. The zero-order valence-corrected chi connectivity index (χ0v) is 13.5. The molecule has 0 unspecified atom stereocenters. The smallest absolute Gasteiger partial charge is 0.303 e.